The fourth-order valence-electron chi connectivity index (χ4n) is 2.44. The van der Waals surface area contributed by atoms with E-state index in [0.717, 1.165) is 31.9 Å². The number of nitrogens with zero attached hydrogens (tertiary/aromatic N) is 4. The van der Waals surface area contributed by atoms with Crippen LogP contribution in [0.5, 0.6) is 0 Å². The van der Waals surface area contributed by atoms with Crippen LogP contribution in [-0.4, -0.2) is 66.9 Å². The van der Waals surface area contributed by atoms with Gasteiger partial charge in [-0.25, -0.2) is 12.7 Å². The highest BCUT2D eigenvalue weighted by Gasteiger charge is 2.27. The van der Waals surface area contributed by atoms with Crippen molar-refractivity contribution in [1.29, 1.82) is 0 Å². The van der Waals surface area contributed by atoms with E-state index in [9.17, 15) is 8.42 Å². The predicted molar refractivity (Wildman–Crippen MR) is 106 cm³/mol. The van der Waals surface area contributed by atoms with Gasteiger partial charge in [0.2, 0.25) is 10.0 Å². The lowest BCUT2D eigenvalue weighted by Gasteiger charge is -2.16. The molecule has 2 rings (SSSR count). The summed E-state index contributed by atoms with van der Waals surface area (Å²) in [7, 11) is -3.02. The lowest BCUT2D eigenvalue weighted by atomic mass is 10.4. The number of rotatable bonds is 8. The van der Waals surface area contributed by atoms with Crippen LogP contribution in [0.2, 0.25) is 0 Å². The third-order valence-corrected chi connectivity index (χ3v) is 5.53. The quantitative estimate of drug-likeness (QED) is 0.250. The van der Waals surface area contributed by atoms with E-state index >= 15 is 0 Å². The Balaban J connectivity index is 0.00000288. The Bertz CT molecular complexity index is 590. The highest BCUT2D eigenvalue weighted by Crippen LogP contribution is 2.11. The molecule has 1 saturated heterocycles. The van der Waals surface area contributed by atoms with Gasteiger partial charge in [0, 0.05) is 51.7 Å². The van der Waals surface area contributed by atoms with Crippen molar-refractivity contribution >= 4 is 40.0 Å². The van der Waals surface area contributed by atoms with Crippen LogP contribution in [0.15, 0.2) is 23.5 Å². The maximum absolute atomic E-state index is 11.7. The maximum atomic E-state index is 11.7. The summed E-state index contributed by atoms with van der Waals surface area (Å²) in [5.74, 6) is 0.999. The molecule has 138 valence electrons. The molecular formula is C14H27IN6O2S. The number of aromatic nitrogens is 2. The SMILES string of the molecule is CCNC(=NCCCn1cccn1)NCCN1CCCS1(=O)=O.I. The largest absolute Gasteiger partial charge is 0.357 e. The second kappa shape index (κ2) is 10.9. The van der Waals surface area contributed by atoms with E-state index in [0.29, 0.717) is 26.2 Å². The monoisotopic (exact) mass is 470 g/mol. The number of hydrogen-bond donors (Lipinski definition) is 2. The van der Waals surface area contributed by atoms with Crippen molar-refractivity contribution in [1.82, 2.24) is 24.7 Å². The summed E-state index contributed by atoms with van der Waals surface area (Å²) in [6, 6.07) is 1.90. The minimum Gasteiger partial charge on any atom is -0.357 e. The third kappa shape index (κ3) is 6.93. The van der Waals surface area contributed by atoms with Crippen LogP contribution in [0.3, 0.4) is 0 Å². The molecule has 10 heteroatoms. The van der Waals surface area contributed by atoms with Crippen molar-refractivity contribution in [2.24, 2.45) is 4.99 Å². The molecule has 8 nitrogen and oxygen atoms in total. The fourth-order valence-corrected chi connectivity index (χ4v) is 3.97. The van der Waals surface area contributed by atoms with Crippen LogP contribution in [0.4, 0.5) is 0 Å². The van der Waals surface area contributed by atoms with Crippen LogP contribution >= 0.6 is 24.0 Å². The van der Waals surface area contributed by atoms with Gasteiger partial charge in [0.25, 0.3) is 0 Å². The van der Waals surface area contributed by atoms with Gasteiger partial charge in [0.15, 0.2) is 5.96 Å². The Morgan fingerprint density at radius 2 is 2.17 bits per heavy atom. The first kappa shape index (κ1) is 21.2. The highest BCUT2D eigenvalue weighted by atomic mass is 127. The molecule has 24 heavy (non-hydrogen) atoms. The van der Waals surface area contributed by atoms with Crippen LogP contribution in [-0.2, 0) is 16.6 Å². The summed E-state index contributed by atoms with van der Waals surface area (Å²) in [4.78, 5) is 4.50. The standard InChI is InChI=1S/C14H26N6O2S.HI/c1-2-15-14(16-6-3-9-19-10-4-7-18-19)17-8-12-20-11-5-13-23(20,21)22;/h4,7,10H,2-3,5-6,8-9,11-13H2,1H3,(H2,15,16,17);1H. The summed E-state index contributed by atoms with van der Waals surface area (Å²) in [6.45, 7) is 5.98. The Morgan fingerprint density at radius 1 is 1.33 bits per heavy atom. The average Bonchev–Trinajstić information content (AvgIpc) is 3.13. The summed E-state index contributed by atoms with van der Waals surface area (Å²) in [5, 5.41) is 10.5. The molecule has 0 aliphatic carbocycles. The van der Waals surface area contributed by atoms with E-state index in [-0.39, 0.29) is 29.7 Å². The van der Waals surface area contributed by atoms with Gasteiger partial charge in [-0.3, -0.25) is 9.67 Å². The first-order valence-corrected chi connectivity index (χ1v) is 9.70. The van der Waals surface area contributed by atoms with Crippen molar-refractivity contribution in [3.05, 3.63) is 18.5 Å². The summed E-state index contributed by atoms with van der Waals surface area (Å²) < 4.78 is 26.9. The van der Waals surface area contributed by atoms with Gasteiger partial charge in [0.05, 0.1) is 5.75 Å². The summed E-state index contributed by atoms with van der Waals surface area (Å²) in [5.41, 5.74) is 0. The second-order valence-corrected chi connectivity index (χ2v) is 7.47. The van der Waals surface area contributed by atoms with Gasteiger partial charge in [0.1, 0.15) is 0 Å². The molecule has 0 radical (unpaired) electrons. The van der Waals surface area contributed by atoms with E-state index in [1.54, 1.807) is 10.5 Å². The molecule has 1 fully saturated rings. The van der Waals surface area contributed by atoms with Crippen LogP contribution < -0.4 is 10.6 Å². The minimum atomic E-state index is -3.02. The summed E-state index contributed by atoms with van der Waals surface area (Å²) >= 11 is 0. The van der Waals surface area contributed by atoms with Crippen molar-refractivity contribution in [3.63, 3.8) is 0 Å². The molecule has 0 amide bonds. The molecule has 0 spiro atoms. The molecule has 1 aliphatic rings. The van der Waals surface area contributed by atoms with Crippen molar-refractivity contribution in [2.75, 3.05) is 38.5 Å². The topological polar surface area (TPSA) is 91.6 Å². The summed E-state index contributed by atoms with van der Waals surface area (Å²) in [6.07, 6.45) is 5.33. The third-order valence-electron chi connectivity index (χ3n) is 3.58. The van der Waals surface area contributed by atoms with E-state index in [1.807, 2.05) is 23.9 Å². The van der Waals surface area contributed by atoms with Crippen molar-refractivity contribution in [3.8, 4) is 0 Å². The van der Waals surface area contributed by atoms with Crippen LogP contribution in [0.25, 0.3) is 0 Å². The molecule has 0 unspecified atom stereocenters. The van der Waals surface area contributed by atoms with E-state index in [2.05, 4.69) is 20.7 Å². The first-order chi connectivity index (χ1) is 11.1. The molecule has 0 bridgehead atoms. The van der Waals surface area contributed by atoms with Crippen molar-refractivity contribution in [2.45, 2.75) is 26.3 Å². The number of hydrogen-bond acceptors (Lipinski definition) is 4. The molecule has 0 atom stereocenters. The molecule has 1 aliphatic heterocycles. The van der Waals surface area contributed by atoms with Crippen LogP contribution in [0, 0.1) is 0 Å². The van der Waals surface area contributed by atoms with Crippen molar-refractivity contribution < 1.29 is 8.42 Å². The minimum absolute atomic E-state index is 0. The lowest BCUT2D eigenvalue weighted by molar-refractivity contribution is 0.445. The zero-order valence-corrected chi connectivity index (χ0v) is 17.2. The lowest BCUT2D eigenvalue weighted by Crippen LogP contribution is -2.42. The number of guanidine groups is 1. The maximum Gasteiger partial charge on any atom is 0.214 e. The molecule has 0 saturated carbocycles. The molecule has 1 aromatic heterocycles. The molecule has 2 N–H and O–H groups in total. The molecule has 2 heterocycles. The predicted octanol–water partition coefficient (Wildman–Crippen LogP) is 0.482. The molecular weight excluding hydrogens is 443 g/mol. The van der Waals surface area contributed by atoms with Gasteiger partial charge < -0.3 is 10.6 Å². The second-order valence-electron chi connectivity index (χ2n) is 5.38. The first-order valence-electron chi connectivity index (χ1n) is 8.09. The van der Waals surface area contributed by atoms with Gasteiger partial charge in [-0.1, -0.05) is 0 Å². The van der Waals surface area contributed by atoms with Gasteiger partial charge >= 0.3 is 0 Å². The van der Waals surface area contributed by atoms with Crippen LogP contribution in [0.1, 0.15) is 19.8 Å². The number of nitrogens with one attached hydrogen (secondary N) is 2. The number of aliphatic imine (C=N–C) groups is 1. The molecule has 1 aromatic rings. The Labute approximate surface area is 161 Å². The normalized spacial score (nSPS) is 17.5. The van der Waals surface area contributed by atoms with E-state index in [4.69, 9.17) is 0 Å². The number of halogens is 1. The van der Waals surface area contributed by atoms with E-state index < -0.39 is 10.0 Å². The van der Waals surface area contributed by atoms with E-state index in [1.165, 1.54) is 0 Å². The Hall–Kier alpha value is -0.880. The van der Waals surface area contributed by atoms with Gasteiger partial charge in [-0.2, -0.15) is 5.10 Å². The van der Waals surface area contributed by atoms with Gasteiger partial charge in [-0.15, -0.1) is 24.0 Å². The Morgan fingerprint density at radius 3 is 2.79 bits per heavy atom. The fraction of sp³-hybridized carbons (Fsp3) is 0.714. The molecule has 0 aromatic carbocycles. The van der Waals surface area contributed by atoms with Gasteiger partial charge in [-0.05, 0) is 25.8 Å². The zero-order chi connectivity index (χ0) is 16.5. The Kier molecular flexibility index (Phi) is 9.59. The highest BCUT2D eigenvalue weighted by molar-refractivity contribution is 14.0. The number of aryl methyl sites for hydroxylation is 1. The smallest absolute Gasteiger partial charge is 0.214 e. The number of sulfonamides is 1. The zero-order valence-electron chi connectivity index (χ0n) is 14.0. The average molecular weight is 470 g/mol.